The van der Waals surface area contributed by atoms with Gasteiger partial charge in [0.1, 0.15) is 0 Å². The zero-order valence-corrected chi connectivity index (χ0v) is 13.2. The van der Waals surface area contributed by atoms with Crippen LogP contribution in [0.25, 0.3) is 0 Å². The summed E-state index contributed by atoms with van der Waals surface area (Å²) in [5.74, 6) is -0.247. The lowest BCUT2D eigenvalue weighted by atomic mass is 9.97. The van der Waals surface area contributed by atoms with Gasteiger partial charge in [0.05, 0.1) is 17.4 Å². The summed E-state index contributed by atoms with van der Waals surface area (Å²) in [6.07, 6.45) is 2.97. The van der Waals surface area contributed by atoms with Gasteiger partial charge in [0, 0.05) is 25.0 Å². The molecule has 0 N–H and O–H groups in total. The number of ether oxygens (including phenoxy) is 1. The van der Waals surface area contributed by atoms with E-state index in [1.807, 2.05) is 6.92 Å². The fraction of sp³-hybridized carbons (Fsp3) is 0.533. The number of hydrogen-bond donors (Lipinski definition) is 0. The van der Waals surface area contributed by atoms with Crippen molar-refractivity contribution in [1.82, 2.24) is 0 Å². The summed E-state index contributed by atoms with van der Waals surface area (Å²) >= 11 is 0. The number of hydrogen-bond acceptors (Lipinski definition) is 5. The van der Waals surface area contributed by atoms with Crippen LogP contribution in [0.4, 0.5) is 5.69 Å². The van der Waals surface area contributed by atoms with Crippen LogP contribution in [0.15, 0.2) is 29.2 Å². The quantitative estimate of drug-likeness (QED) is 0.794. The second kappa shape index (κ2) is 6.47. The second-order valence-electron chi connectivity index (χ2n) is 5.30. The molecule has 116 valence electrons. The third-order valence-electron chi connectivity index (χ3n) is 3.67. The van der Waals surface area contributed by atoms with E-state index in [9.17, 15) is 13.2 Å². The van der Waals surface area contributed by atoms with Crippen molar-refractivity contribution in [3.63, 3.8) is 0 Å². The molecule has 0 aliphatic carbocycles. The van der Waals surface area contributed by atoms with E-state index in [-0.39, 0.29) is 11.9 Å². The van der Waals surface area contributed by atoms with Gasteiger partial charge in [0.15, 0.2) is 9.84 Å². The van der Waals surface area contributed by atoms with Gasteiger partial charge in [-0.05, 0) is 44.0 Å². The highest BCUT2D eigenvalue weighted by Gasteiger charge is 2.27. The predicted octanol–water partition coefficient (Wildman–Crippen LogP) is 1.87. The Bertz CT molecular complexity index is 595. The number of benzene rings is 1. The first-order chi connectivity index (χ1) is 9.91. The molecule has 0 saturated carbocycles. The molecule has 6 heteroatoms. The Hall–Kier alpha value is -1.56. The van der Waals surface area contributed by atoms with Gasteiger partial charge in [0.25, 0.3) is 0 Å². The van der Waals surface area contributed by atoms with Crippen molar-refractivity contribution in [3.8, 4) is 0 Å². The first-order valence-electron chi connectivity index (χ1n) is 7.13. The Morgan fingerprint density at radius 3 is 2.57 bits per heavy atom. The third kappa shape index (κ3) is 3.97. The van der Waals surface area contributed by atoms with Gasteiger partial charge in [0.2, 0.25) is 0 Å². The molecule has 1 atom stereocenters. The van der Waals surface area contributed by atoms with E-state index in [1.54, 1.807) is 24.3 Å². The molecule has 5 nitrogen and oxygen atoms in total. The monoisotopic (exact) mass is 311 g/mol. The summed E-state index contributed by atoms with van der Waals surface area (Å²) in [5.41, 5.74) is 0.941. The molecule has 2 rings (SSSR count). The maximum absolute atomic E-state index is 11.8. The van der Waals surface area contributed by atoms with Crippen LogP contribution < -0.4 is 4.90 Å². The molecule has 21 heavy (non-hydrogen) atoms. The fourth-order valence-corrected chi connectivity index (χ4v) is 3.20. The number of carbonyl (C=O) groups is 1. The molecule has 0 spiro atoms. The standard InChI is InChI=1S/C15H21NO4S/c1-3-20-15(17)12-5-4-10-16(11-12)13-6-8-14(9-7-13)21(2,18)19/h6-9,12H,3-5,10-11H2,1-2H3. The lowest BCUT2D eigenvalue weighted by Crippen LogP contribution is -2.39. The molecule has 1 saturated heterocycles. The Kier molecular flexibility index (Phi) is 4.88. The zero-order valence-electron chi connectivity index (χ0n) is 12.4. The lowest BCUT2D eigenvalue weighted by molar-refractivity contribution is -0.148. The van der Waals surface area contributed by atoms with Crippen molar-refractivity contribution in [1.29, 1.82) is 0 Å². The first-order valence-corrected chi connectivity index (χ1v) is 9.02. The Morgan fingerprint density at radius 2 is 2.00 bits per heavy atom. The minimum absolute atomic E-state index is 0.103. The van der Waals surface area contributed by atoms with E-state index in [0.717, 1.165) is 25.1 Å². The number of rotatable bonds is 4. The summed E-state index contributed by atoms with van der Waals surface area (Å²) in [6, 6.07) is 6.81. The number of sulfone groups is 1. The summed E-state index contributed by atoms with van der Waals surface area (Å²) in [6.45, 7) is 3.70. The molecule has 1 aliphatic heterocycles. The maximum atomic E-state index is 11.8. The molecular weight excluding hydrogens is 290 g/mol. The van der Waals surface area contributed by atoms with Gasteiger partial charge >= 0.3 is 5.97 Å². The predicted molar refractivity (Wildman–Crippen MR) is 81.1 cm³/mol. The molecule has 0 aromatic heterocycles. The van der Waals surface area contributed by atoms with Crippen LogP contribution in [0.5, 0.6) is 0 Å². The Balaban J connectivity index is 2.09. The third-order valence-corrected chi connectivity index (χ3v) is 4.80. The van der Waals surface area contributed by atoms with Crippen molar-refractivity contribution < 1.29 is 17.9 Å². The molecule has 0 amide bonds. The van der Waals surface area contributed by atoms with Crippen molar-refractivity contribution in [2.24, 2.45) is 5.92 Å². The van der Waals surface area contributed by atoms with Gasteiger partial charge < -0.3 is 9.64 Å². The molecule has 1 aromatic carbocycles. The van der Waals surface area contributed by atoms with Crippen LogP contribution in [0.3, 0.4) is 0 Å². The molecule has 0 bridgehead atoms. The van der Waals surface area contributed by atoms with E-state index < -0.39 is 9.84 Å². The van der Waals surface area contributed by atoms with Crippen molar-refractivity contribution >= 4 is 21.5 Å². The average Bonchev–Trinajstić information content (AvgIpc) is 2.47. The van der Waals surface area contributed by atoms with Crippen molar-refractivity contribution in [3.05, 3.63) is 24.3 Å². The Morgan fingerprint density at radius 1 is 1.33 bits per heavy atom. The smallest absolute Gasteiger partial charge is 0.310 e. The van der Waals surface area contributed by atoms with E-state index in [4.69, 9.17) is 4.74 Å². The second-order valence-corrected chi connectivity index (χ2v) is 7.32. The van der Waals surface area contributed by atoms with Crippen molar-refractivity contribution in [2.45, 2.75) is 24.7 Å². The minimum atomic E-state index is -3.17. The van der Waals surface area contributed by atoms with E-state index in [1.165, 1.54) is 6.26 Å². The van der Waals surface area contributed by atoms with E-state index >= 15 is 0 Å². The number of carbonyl (C=O) groups excluding carboxylic acids is 1. The zero-order chi connectivity index (χ0) is 15.5. The number of anilines is 1. The molecule has 1 fully saturated rings. The fourth-order valence-electron chi connectivity index (χ4n) is 2.57. The summed E-state index contributed by atoms with van der Waals surface area (Å²) in [5, 5.41) is 0. The molecule has 0 radical (unpaired) electrons. The van der Waals surface area contributed by atoms with E-state index in [0.29, 0.717) is 18.0 Å². The topological polar surface area (TPSA) is 63.7 Å². The number of esters is 1. The molecule has 1 heterocycles. The highest BCUT2D eigenvalue weighted by atomic mass is 32.2. The van der Waals surface area contributed by atoms with Gasteiger partial charge in [-0.3, -0.25) is 4.79 Å². The number of piperidine rings is 1. The van der Waals surface area contributed by atoms with Crippen LogP contribution in [0, 0.1) is 5.92 Å². The SMILES string of the molecule is CCOC(=O)C1CCCN(c2ccc(S(C)(=O)=O)cc2)C1. The van der Waals surface area contributed by atoms with Gasteiger partial charge in [-0.2, -0.15) is 0 Å². The van der Waals surface area contributed by atoms with Crippen LogP contribution >= 0.6 is 0 Å². The van der Waals surface area contributed by atoms with Crippen LogP contribution in [0.2, 0.25) is 0 Å². The van der Waals surface area contributed by atoms with Gasteiger partial charge in [-0.15, -0.1) is 0 Å². The Labute approximate surface area is 125 Å². The molecule has 1 aliphatic rings. The normalized spacial score (nSPS) is 19.3. The van der Waals surface area contributed by atoms with Gasteiger partial charge in [-0.25, -0.2) is 8.42 Å². The summed E-state index contributed by atoms with van der Waals surface area (Å²) < 4.78 is 28.0. The lowest BCUT2D eigenvalue weighted by Gasteiger charge is -2.33. The largest absolute Gasteiger partial charge is 0.466 e. The molecule has 1 unspecified atom stereocenters. The minimum Gasteiger partial charge on any atom is -0.466 e. The van der Waals surface area contributed by atoms with Crippen molar-refractivity contribution in [2.75, 3.05) is 30.9 Å². The highest BCUT2D eigenvalue weighted by Crippen LogP contribution is 2.25. The number of nitrogens with zero attached hydrogens (tertiary/aromatic N) is 1. The van der Waals surface area contributed by atoms with E-state index in [2.05, 4.69) is 4.90 Å². The van der Waals surface area contributed by atoms with Crippen LogP contribution in [-0.2, 0) is 19.4 Å². The first kappa shape index (κ1) is 15.8. The molecule has 1 aromatic rings. The molecular formula is C15H21NO4S. The highest BCUT2D eigenvalue weighted by molar-refractivity contribution is 7.90. The average molecular weight is 311 g/mol. The van der Waals surface area contributed by atoms with Crippen LogP contribution in [0.1, 0.15) is 19.8 Å². The summed E-state index contributed by atoms with van der Waals surface area (Å²) in [4.78, 5) is 14.3. The summed E-state index contributed by atoms with van der Waals surface area (Å²) in [7, 11) is -3.17. The van der Waals surface area contributed by atoms with Crippen LogP contribution in [-0.4, -0.2) is 40.3 Å². The maximum Gasteiger partial charge on any atom is 0.310 e. The van der Waals surface area contributed by atoms with Gasteiger partial charge in [-0.1, -0.05) is 0 Å².